The molecule has 0 radical (unpaired) electrons. The number of nitrogens with zero attached hydrogens (tertiary/aromatic N) is 1. The molecule has 0 spiro atoms. The average molecular weight is 230 g/mol. The molecule has 2 aliphatic rings. The highest BCUT2D eigenvalue weighted by Gasteiger charge is 2.27. The quantitative estimate of drug-likeness (QED) is 0.793. The molecule has 1 saturated carbocycles. The molecule has 1 amide bonds. The molecule has 3 rings (SSSR count). The molecular weight excluding hydrogens is 212 g/mol. The van der Waals surface area contributed by atoms with E-state index in [1.807, 2.05) is 23.1 Å². The summed E-state index contributed by atoms with van der Waals surface area (Å²) in [6.45, 7) is 1.81. The van der Waals surface area contributed by atoms with Crippen molar-refractivity contribution in [1.82, 2.24) is 4.90 Å². The fraction of sp³-hybridized carbons (Fsp3) is 0.500. The summed E-state index contributed by atoms with van der Waals surface area (Å²) in [5, 5.41) is 0. The van der Waals surface area contributed by atoms with E-state index in [1.54, 1.807) is 0 Å². The molecule has 1 aromatic rings. The van der Waals surface area contributed by atoms with Crippen molar-refractivity contribution in [2.75, 3.05) is 18.8 Å². The van der Waals surface area contributed by atoms with E-state index in [4.69, 9.17) is 5.73 Å². The third-order valence-electron chi connectivity index (χ3n) is 3.74. The molecule has 1 aliphatic carbocycles. The summed E-state index contributed by atoms with van der Waals surface area (Å²) in [7, 11) is 0. The molecule has 1 heterocycles. The Morgan fingerprint density at radius 2 is 1.94 bits per heavy atom. The normalized spacial score (nSPS) is 19.6. The minimum absolute atomic E-state index is 0.171. The standard InChI is InChI=1S/C14H18N2O/c15-13-6-5-11(9-12(13)10-3-4-10)14(17)16-7-1-2-8-16/h5-6,9-10H,1-4,7-8,15H2. The first-order valence-corrected chi connectivity index (χ1v) is 6.44. The van der Waals surface area contributed by atoms with Gasteiger partial charge in [-0.15, -0.1) is 0 Å². The first-order chi connectivity index (χ1) is 8.25. The third-order valence-corrected chi connectivity index (χ3v) is 3.74. The van der Waals surface area contributed by atoms with E-state index in [0.717, 1.165) is 37.2 Å². The van der Waals surface area contributed by atoms with Crippen molar-refractivity contribution in [2.24, 2.45) is 0 Å². The minimum Gasteiger partial charge on any atom is -0.398 e. The molecule has 1 saturated heterocycles. The van der Waals surface area contributed by atoms with Gasteiger partial charge in [-0.05, 0) is 55.4 Å². The van der Waals surface area contributed by atoms with Crippen LogP contribution in [0, 0.1) is 0 Å². The van der Waals surface area contributed by atoms with Crippen molar-refractivity contribution in [3.8, 4) is 0 Å². The van der Waals surface area contributed by atoms with Crippen LogP contribution in [0.3, 0.4) is 0 Å². The zero-order chi connectivity index (χ0) is 11.8. The Morgan fingerprint density at radius 1 is 1.24 bits per heavy atom. The van der Waals surface area contributed by atoms with E-state index < -0.39 is 0 Å². The topological polar surface area (TPSA) is 46.3 Å². The van der Waals surface area contributed by atoms with Gasteiger partial charge in [-0.3, -0.25) is 4.79 Å². The van der Waals surface area contributed by atoms with E-state index in [1.165, 1.54) is 18.4 Å². The number of hydrogen-bond donors (Lipinski definition) is 1. The Balaban J connectivity index is 1.86. The van der Waals surface area contributed by atoms with Gasteiger partial charge in [0.2, 0.25) is 0 Å². The second-order valence-corrected chi connectivity index (χ2v) is 5.12. The maximum Gasteiger partial charge on any atom is 0.253 e. The summed E-state index contributed by atoms with van der Waals surface area (Å²) in [5.74, 6) is 0.769. The third kappa shape index (κ3) is 2.02. The van der Waals surface area contributed by atoms with Gasteiger partial charge >= 0.3 is 0 Å². The predicted molar refractivity (Wildman–Crippen MR) is 68.0 cm³/mol. The number of carbonyl (C=O) groups is 1. The summed E-state index contributed by atoms with van der Waals surface area (Å²) in [5.41, 5.74) is 8.78. The second-order valence-electron chi connectivity index (χ2n) is 5.12. The number of nitrogen functional groups attached to an aromatic ring is 1. The van der Waals surface area contributed by atoms with Gasteiger partial charge in [0.25, 0.3) is 5.91 Å². The lowest BCUT2D eigenvalue weighted by Crippen LogP contribution is -2.27. The Morgan fingerprint density at radius 3 is 2.59 bits per heavy atom. The molecule has 17 heavy (non-hydrogen) atoms. The van der Waals surface area contributed by atoms with Crippen molar-refractivity contribution in [3.63, 3.8) is 0 Å². The van der Waals surface area contributed by atoms with Crippen molar-refractivity contribution in [1.29, 1.82) is 0 Å². The highest BCUT2D eigenvalue weighted by Crippen LogP contribution is 2.43. The number of anilines is 1. The largest absolute Gasteiger partial charge is 0.398 e. The summed E-state index contributed by atoms with van der Waals surface area (Å²) in [4.78, 5) is 14.2. The number of likely N-dealkylation sites (tertiary alicyclic amines) is 1. The van der Waals surface area contributed by atoms with Gasteiger partial charge in [-0.25, -0.2) is 0 Å². The molecule has 0 atom stereocenters. The first-order valence-electron chi connectivity index (χ1n) is 6.44. The number of hydrogen-bond acceptors (Lipinski definition) is 2. The van der Waals surface area contributed by atoms with Crippen LogP contribution in [0.15, 0.2) is 18.2 Å². The zero-order valence-electron chi connectivity index (χ0n) is 9.98. The lowest BCUT2D eigenvalue weighted by Gasteiger charge is -2.16. The number of amides is 1. The molecule has 90 valence electrons. The molecule has 1 aromatic carbocycles. The number of rotatable bonds is 2. The number of nitrogens with two attached hydrogens (primary N) is 1. The predicted octanol–water partition coefficient (Wildman–Crippen LogP) is 2.38. The van der Waals surface area contributed by atoms with Crippen LogP contribution < -0.4 is 5.73 Å². The van der Waals surface area contributed by atoms with E-state index in [0.29, 0.717) is 5.92 Å². The van der Waals surface area contributed by atoms with E-state index in [-0.39, 0.29) is 5.91 Å². The maximum absolute atomic E-state index is 12.2. The Labute approximate surface area is 102 Å². The second kappa shape index (κ2) is 4.06. The van der Waals surface area contributed by atoms with Gasteiger partial charge in [0, 0.05) is 24.3 Å². The van der Waals surface area contributed by atoms with Crippen molar-refractivity contribution >= 4 is 11.6 Å². The van der Waals surface area contributed by atoms with Crippen molar-refractivity contribution < 1.29 is 4.79 Å². The van der Waals surface area contributed by atoms with E-state index in [2.05, 4.69) is 0 Å². The fourth-order valence-electron chi connectivity index (χ4n) is 2.56. The van der Waals surface area contributed by atoms with Crippen LogP contribution >= 0.6 is 0 Å². The Bertz CT molecular complexity index is 446. The highest BCUT2D eigenvalue weighted by molar-refractivity contribution is 5.95. The summed E-state index contributed by atoms with van der Waals surface area (Å²) >= 11 is 0. The molecule has 0 unspecified atom stereocenters. The van der Waals surface area contributed by atoms with Crippen molar-refractivity contribution in [3.05, 3.63) is 29.3 Å². The van der Waals surface area contributed by atoms with Gasteiger partial charge in [0.1, 0.15) is 0 Å². The van der Waals surface area contributed by atoms with Gasteiger partial charge in [-0.1, -0.05) is 0 Å². The Kier molecular flexibility index (Phi) is 2.54. The van der Waals surface area contributed by atoms with Crippen LogP contribution in [-0.4, -0.2) is 23.9 Å². The lowest BCUT2D eigenvalue weighted by atomic mass is 10.0. The zero-order valence-corrected chi connectivity index (χ0v) is 9.98. The molecular formula is C14H18N2O. The van der Waals surface area contributed by atoms with Gasteiger partial charge in [0.15, 0.2) is 0 Å². The highest BCUT2D eigenvalue weighted by atomic mass is 16.2. The molecule has 3 nitrogen and oxygen atoms in total. The van der Waals surface area contributed by atoms with Crippen LogP contribution in [0.4, 0.5) is 5.69 Å². The summed E-state index contributed by atoms with van der Waals surface area (Å²) in [6, 6.07) is 5.76. The van der Waals surface area contributed by atoms with Gasteiger partial charge < -0.3 is 10.6 Å². The summed E-state index contributed by atoms with van der Waals surface area (Å²) < 4.78 is 0. The minimum atomic E-state index is 0.171. The maximum atomic E-state index is 12.2. The SMILES string of the molecule is Nc1ccc(C(=O)N2CCCC2)cc1C1CC1. The van der Waals surface area contributed by atoms with Crippen LogP contribution in [0.2, 0.25) is 0 Å². The van der Waals surface area contributed by atoms with Crippen LogP contribution in [0.25, 0.3) is 0 Å². The number of benzene rings is 1. The lowest BCUT2D eigenvalue weighted by molar-refractivity contribution is 0.0793. The molecule has 2 fully saturated rings. The fourth-order valence-corrected chi connectivity index (χ4v) is 2.56. The molecule has 0 aromatic heterocycles. The first kappa shape index (κ1) is 10.6. The van der Waals surface area contributed by atoms with E-state index >= 15 is 0 Å². The molecule has 0 bridgehead atoms. The van der Waals surface area contributed by atoms with Gasteiger partial charge in [0.05, 0.1) is 0 Å². The molecule has 2 N–H and O–H groups in total. The average Bonchev–Trinajstić information content (AvgIpc) is 3.04. The molecule has 3 heteroatoms. The van der Waals surface area contributed by atoms with Crippen LogP contribution in [0.1, 0.15) is 47.5 Å². The van der Waals surface area contributed by atoms with Crippen molar-refractivity contribution in [2.45, 2.75) is 31.6 Å². The van der Waals surface area contributed by atoms with E-state index in [9.17, 15) is 4.79 Å². The molecule has 1 aliphatic heterocycles. The monoisotopic (exact) mass is 230 g/mol. The van der Waals surface area contributed by atoms with Crippen LogP contribution in [-0.2, 0) is 0 Å². The summed E-state index contributed by atoms with van der Waals surface area (Å²) in [6.07, 6.45) is 4.70. The van der Waals surface area contributed by atoms with Gasteiger partial charge in [-0.2, -0.15) is 0 Å². The smallest absolute Gasteiger partial charge is 0.253 e. The van der Waals surface area contributed by atoms with Crippen LogP contribution in [0.5, 0.6) is 0 Å². The Hall–Kier alpha value is -1.51. The number of carbonyl (C=O) groups excluding carboxylic acids is 1.